The molecule has 0 bridgehead atoms. The van der Waals surface area contributed by atoms with E-state index in [1.807, 2.05) is 24.3 Å². The SMILES string of the molecule is FSCCOc1cccc(C2=NNC=NN2)c1. The summed E-state index contributed by atoms with van der Waals surface area (Å²) in [5.74, 6) is 1.60. The summed E-state index contributed by atoms with van der Waals surface area (Å²) in [6.07, 6.45) is 1.45. The largest absolute Gasteiger partial charge is 0.493 e. The fourth-order valence-electron chi connectivity index (χ4n) is 1.29. The molecule has 17 heavy (non-hydrogen) atoms. The zero-order chi connectivity index (χ0) is 11.9. The molecule has 1 heterocycles. The van der Waals surface area contributed by atoms with Crippen LogP contribution in [0.2, 0.25) is 0 Å². The molecule has 0 aliphatic carbocycles. The van der Waals surface area contributed by atoms with Crippen molar-refractivity contribution in [3.05, 3.63) is 29.8 Å². The first-order valence-electron chi connectivity index (χ1n) is 4.97. The van der Waals surface area contributed by atoms with Crippen molar-refractivity contribution in [3.63, 3.8) is 0 Å². The van der Waals surface area contributed by atoms with Gasteiger partial charge in [-0.25, -0.2) is 0 Å². The van der Waals surface area contributed by atoms with Crippen LogP contribution in [0.4, 0.5) is 3.89 Å². The summed E-state index contributed by atoms with van der Waals surface area (Å²) in [7, 11) is 0. The van der Waals surface area contributed by atoms with Gasteiger partial charge in [0.1, 0.15) is 12.1 Å². The van der Waals surface area contributed by atoms with E-state index in [-0.39, 0.29) is 12.1 Å². The zero-order valence-corrected chi connectivity index (χ0v) is 9.71. The summed E-state index contributed by atoms with van der Waals surface area (Å²) in [6.45, 7) is 0.334. The molecule has 0 unspecified atom stereocenters. The Labute approximate surface area is 102 Å². The molecule has 0 atom stereocenters. The van der Waals surface area contributed by atoms with Crippen LogP contribution in [0.1, 0.15) is 5.56 Å². The Balaban J connectivity index is 2.03. The number of benzene rings is 1. The second-order valence-corrected chi connectivity index (χ2v) is 3.78. The van der Waals surface area contributed by atoms with Crippen molar-refractivity contribution in [2.75, 3.05) is 12.4 Å². The number of amidine groups is 1. The first-order valence-corrected chi connectivity index (χ1v) is 5.86. The number of hydrogen-bond acceptors (Lipinski definition) is 6. The first kappa shape index (κ1) is 11.7. The molecule has 0 spiro atoms. The van der Waals surface area contributed by atoms with Crippen LogP contribution in [0.3, 0.4) is 0 Å². The second kappa shape index (κ2) is 6.09. The van der Waals surface area contributed by atoms with Crippen molar-refractivity contribution in [2.45, 2.75) is 0 Å². The molecule has 1 aliphatic rings. The summed E-state index contributed by atoms with van der Waals surface area (Å²) < 4.78 is 17.2. The van der Waals surface area contributed by atoms with Gasteiger partial charge in [0.25, 0.3) is 0 Å². The summed E-state index contributed by atoms with van der Waals surface area (Å²) >= 11 is 0.263. The van der Waals surface area contributed by atoms with Crippen molar-refractivity contribution >= 4 is 24.3 Å². The van der Waals surface area contributed by atoms with Gasteiger partial charge < -0.3 is 4.74 Å². The molecular formula is C10H11FN4OS. The van der Waals surface area contributed by atoms with Crippen LogP contribution in [0, 0.1) is 0 Å². The highest BCUT2D eigenvalue weighted by Gasteiger charge is 2.06. The Kier molecular flexibility index (Phi) is 4.20. The number of halogens is 1. The van der Waals surface area contributed by atoms with E-state index in [9.17, 15) is 3.89 Å². The molecule has 0 fully saturated rings. The fourth-order valence-corrected chi connectivity index (χ4v) is 1.44. The predicted molar refractivity (Wildman–Crippen MR) is 66.8 cm³/mol. The van der Waals surface area contributed by atoms with Crippen LogP contribution in [0.5, 0.6) is 5.75 Å². The van der Waals surface area contributed by atoms with E-state index in [1.165, 1.54) is 6.34 Å². The van der Waals surface area contributed by atoms with Crippen LogP contribution in [0.15, 0.2) is 34.5 Å². The van der Waals surface area contributed by atoms with E-state index in [2.05, 4.69) is 21.1 Å². The van der Waals surface area contributed by atoms with Gasteiger partial charge in [-0.2, -0.15) is 14.1 Å². The van der Waals surface area contributed by atoms with Gasteiger partial charge in [-0.3, -0.25) is 10.9 Å². The molecule has 1 aliphatic heterocycles. The lowest BCUT2D eigenvalue weighted by atomic mass is 10.2. The van der Waals surface area contributed by atoms with Gasteiger partial charge in [0, 0.05) is 17.7 Å². The molecule has 2 rings (SSSR count). The van der Waals surface area contributed by atoms with Crippen molar-refractivity contribution in [1.82, 2.24) is 10.9 Å². The highest BCUT2D eigenvalue weighted by atomic mass is 32.2. The van der Waals surface area contributed by atoms with Crippen molar-refractivity contribution in [1.29, 1.82) is 0 Å². The van der Waals surface area contributed by atoms with Crippen LogP contribution in [-0.4, -0.2) is 24.5 Å². The van der Waals surface area contributed by atoms with Gasteiger partial charge in [-0.05, 0) is 12.1 Å². The van der Waals surface area contributed by atoms with Gasteiger partial charge in [0.05, 0.1) is 12.4 Å². The minimum atomic E-state index is 0.263. The maximum atomic E-state index is 11.8. The Hall–Kier alpha value is -1.76. The standard InChI is InChI=1S/C10H11FN4OS/c11-17-5-4-16-9-3-1-2-8(6-9)10-14-12-7-13-15-10/h1-3,6-7H,4-5H2,(H,12,13)(H,14,15). The molecule has 5 nitrogen and oxygen atoms in total. The van der Waals surface area contributed by atoms with E-state index in [0.29, 0.717) is 23.9 Å². The maximum Gasteiger partial charge on any atom is 0.173 e. The Morgan fingerprint density at radius 2 is 2.35 bits per heavy atom. The van der Waals surface area contributed by atoms with Crippen LogP contribution in [0.25, 0.3) is 0 Å². The van der Waals surface area contributed by atoms with Gasteiger partial charge in [0.15, 0.2) is 5.84 Å². The number of ether oxygens (including phenoxy) is 1. The Morgan fingerprint density at radius 1 is 1.41 bits per heavy atom. The maximum absolute atomic E-state index is 11.8. The lowest BCUT2D eigenvalue weighted by Crippen LogP contribution is -2.27. The molecule has 2 N–H and O–H groups in total. The number of rotatable bonds is 5. The van der Waals surface area contributed by atoms with E-state index < -0.39 is 0 Å². The minimum absolute atomic E-state index is 0.263. The van der Waals surface area contributed by atoms with Crippen LogP contribution >= 0.6 is 12.1 Å². The van der Waals surface area contributed by atoms with Crippen molar-refractivity contribution in [3.8, 4) is 5.75 Å². The highest BCUT2D eigenvalue weighted by Crippen LogP contribution is 2.14. The van der Waals surface area contributed by atoms with Gasteiger partial charge >= 0.3 is 0 Å². The second-order valence-electron chi connectivity index (χ2n) is 3.15. The zero-order valence-electron chi connectivity index (χ0n) is 8.89. The lowest BCUT2D eigenvalue weighted by molar-refractivity contribution is 0.343. The molecule has 90 valence electrons. The minimum Gasteiger partial charge on any atom is -0.493 e. The summed E-state index contributed by atoms with van der Waals surface area (Å²) in [5, 5.41) is 7.85. The monoisotopic (exact) mass is 254 g/mol. The average molecular weight is 254 g/mol. The normalized spacial score (nSPS) is 13.6. The average Bonchev–Trinajstić information content (AvgIpc) is 2.41. The highest BCUT2D eigenvalue weighted by molar-refractivity contribution is 7.94. The first-order chi connectivity index (χ1) is 8.40. The summed E-state index contributed by atoms with van der Waals surface area (Å²) in [5.41, 5.74) is 6.26. The fraction of sp³-hybridized carbons (Fsp3) is 0.200. The molecular weight excluding hydrogens is 243 g/mol. The third kappa shape index (κ3) is 3.35. The molecule has 0 aromatic heterocycles. The lowest BCUT2D eigenvalue weighted by Gasteiger charge is -2.10. The summed E-state index contributed by atoms with van der Waals surface area (Å²) in [4.78, 5) is 0. The summed E-state index contributed by atoms with van der Waals surface area (Å²) in [6, 6.07) is 7.35. The van der Waals surface area contributed by atoms with E-state index in [0.717, 1.165) is 5.56 Å². The van der Waals surface area contributed by atoms with E-state index >= 15 is 0 Å². The molecule has 1 aromatic rings. The van der Waals surface area contributed by atoms with E-state index in [1.54, 1.807) is 0 Å². The third-order valence-corrected chi connectivity index (χ3v) is 2.33. The van der Waals surface area contributed by atoms with Crippen LogP contribution in [-0.2, 0) is 0 Å². The van der Waals surface area contributed by atoms with Crippen molar-refractivity contribution in [2.24, 2.45) is 10.2 Å². The molecule has 0 saturated heterocycles. The van der Waals surface area contributed by atoms with E-state index in [4.69, 9.17) is 4.74 Å². The molecule has 0 amide bonds. The molecule has 7 heteroatoms. The third-order valence-electron chi connectivity index (χ3n) is 2.01. The van der Waals surface area contributed by atoms with Gasteiger partial charge in [0.2, 0.25) is 0 Å². The number of nitrogens with zero attached hydrogens (tertiary/aromatic N) is 2. The Bertz CT molecular complexity index is 438. The van der Waals surface area contributed by atoms with Gasteiger partial charge in [-0.1, -0.05) is 12.1 Å². The number of nitrogens with one attached hydrogen (secondary N) is 2. The topological polar surface area (TPSA) is 58.0 Å². The predicted octanol–water partition coefficient (Wildman–Crippen LogP) is 1.48. The molecule has 1 aromatic carbocycles. The molecule has 0 radical (unpaired) electrons. The number of hydrazone groups is 2. The van der Waals surface area contributed by atoms with Crippen molar-refractivity contribution < 1.29 is 8.62 Å². The smallest absolute Gasteiger partial charge is 0.173 e. The van der Waals surface area contributed by atoms with Crippen LogP contribution < -0.4 is 15.6 Å². The van der Waals surface area contributed by atoms with Gasteiger partial charge in [-0.15, -0.1) is 0 Å². The Morgan fingerprint density at radius 3 is 3.12 bits per heavy atom. The molecule has 0 saturated carbocycles. The number of hydrogen-bond donors (Lipinski definition) is 2. The quantitative estimate of drug-likeness (QED) is 0.781.